The van der Waals surface area contributed by atoms with E-state index in [1.54, 1.807) is 0 Å². The number of anilines is 3. The molecule has 1 rings (SSSR count). The summed E-state index contributed by atoms with van der Waals surface area (Å²) in [5.74, 6) is 0.733. The van der Waals surface area contributed by atoms with E-state index in [0.717, 1.165) is 19.4 Å². The molecule has 0 amide bonds. The lowest BCUT2D eigenvalue weighted by atomic mass is 10.3. The minimum atomic E-state index is 0.145. The molecule has 15 heavy (non-hydrogen) atoms. The van der Waals surface area contributed by atoms with Crippen LogP contribution in [0, 0.1) is 0 Å². The van der Waals surface area contributed by atoms with Gasteiger partial charge in [0.25, 0.3) is 0 Å². The van der Waals surface area contributed by atoms with Crippen LogP contribution in [0.2, 0.25) is 0 Å². The van der Waals surface area contributed by atoms with Crippen LogP contribution >= 0.6 is 0 Å². The molecule has 5 N–H and O–H groups in total. The fourth-order valence-electron chi connectivity index (χ4n) is 0.865. The number of hydrogen-bond acceptors (Lipinski definition) is 7. The number of rotatable bonds is 4. The smallest absolute Gasteiger partial charge is 0.229 e. The molecule has 0 atom stereocenters. The minimum absolute atomic E-state index is 0.145. The molecule has 1 aromatic heterocycles. The van der Waals surface area contributed by atoms with Crippen molar-refractivity contribution in [1.29, 1.82) is 0 Å². The van der Waals surface area contributed by atoms with Gasteiger partial charge in [-0.25, -0.2) is 0 Å². The Morgan fingerprint density at radius 3 is 2.20 bits per heavy atom. The first-order valence-electron chi connectivity index (χ1n) is 4.52. The molecule has 0 aliphatic rings. The van der Waals surface area contributed by atoms with Gasteiger partial charge in [-0.1, -0.05) is 13.3 Å². The van der Waals surface area contributed by atoms with Crippen molar-refractivity contribution in [2.75, 3.05) is 23.3 Å². The molecule has 0 bridgehead atoms. The fraction of sp³-hybridized carbons (Fsp3) is 0.500. The van der Waals surface area contributed by atoms with Gasteiger partial charge in [0.15, 0.2) is 0 Å². The molecule has 1 aromatic rings. The van der Waals surface area contributed by atoms with E-state index in [1.807, 2.05) is 6.79 Å². The number of aromatic nitrogens is 3. The highest BCUT2D eigenvalue weighted by atomic mass is 16.1. The molecule has 1 heterocycles. The Labute approximate surface area is 88.3 Å². The van der Waals surface area contributed by atoms with Crippen LogP contribution in [0.25, 0.3) is 0 Å². The van der Waals surface area contributed by atoms with Gasteiger partial charge in [-0.05, 0) is 6.42 Å². The van der Waals surface area contributed by atoms with Gasteiger partial charge in [-0.3, -0.25) is 0 Å². The van der Waals surface area contributed by atoms with E-state index >= 15 is 0 Å². The van der Waals surface area contributed by atoms with E-state index in [1.165, 1.54) is 0 Å². The van der Waals surface area contributed by atoms with Gasteiger partial charge in [-0.2, -0.15) is 15.0 Å². The first kappa shape index (κ1) is 13.1. The summed E-state index contributed by atoms with van der Waals surface area (Å²) in [6, 6.07) is 0. The minimum Gasteiger partial charge on any atom is -0.368 e. The molecular formula is C8H16N6O. The highest BCUT2D eigenvalue weighted by molar-refractivity contribution is 5.36. The Hall–Kier alpha value is -1.92. The maximum Gasteiger partial charge on any atom is 0.229 e. The molecule has 0 spiro atoms. The summed E-state index contributed by atoms with van der Waals surface area (Å²) in [6.45, 7) is 4.93. The van der Waals surface area contributed by atoms with E-state index in [-0.39, 0.29) is 11.9 Å². The van der Waals surface area contributed by atoms with Crippen molar-refractivity contribution in [1.82, 2.24) is 15.0 Å². The summed E-state index contributed by atoms with van der Waals surface area (Å²) in [4.78, 5) is 19.4. The molecule has 0 aliphatic carbocycles. The molecule has 7 nitrogen and oxygen atoms in total. The van der Waals surface area contributed by atoms with Crippen LogP contribution in [0.5, 0.6) is 0 Å². The molecule has 0 fully saturated rings. The quantitative estimate of drug-likeness (QED) is 0.603. The fourth-order valence-corrected chi connectivity index (χ4v) is 0.865. The van der Waals surface area contributed by atoms with Crippen LogP contribution < -0.4 is 16.8 Å². The molecular weight excluding hydrogens is 196 g/mol. The number of carbonyl (C=O) groups excluding carboxylic acids is 1. The highest BCUT2D eigenvalue weighted by Crippen LogP contribution is 2.03. The summed E-state index contributed by atoms with van der Waals surface area (Å²) in [5, 5.41) is 3.00. The first-order valence-corrected chi connectivity index (χ1v) is 4.52. The van der Waals surface area contributed by atoms with Crippen molar-refractivity contribution in [3.05, 3.63) is 0 Å². The van der Waals surface area contributed by atoms with Gasteiger partial charge in [0.2, 0.25) is 17.8 Å². The highest BCUT2D eigenvalue weighted by Gasteiger charge is 1.99. The van der Waals surface area contributed by atoms with E-state index in [4.69, 9.17) is 16.3 Å². The number of hydrogen-bond donors (Lipinski definition) is 3. The summed E-state index contributed by atoms with van der Waals surface area (Å²) in [6.07, 6.45) is 2.18. The maximum absolute atomic E-state index is 8.00. The third kappa shape index (κ3) is 5.40. The standard InChI is InChI=1S/C7H14N6.CH2O/c1-2-3-4-10-7-12-5(8)11-6(9)13-7;1-2/h2-4H2,1H3,(H5,8,9,10,11,12,13);1H2. The molecule has 0 unspecified atom stereocenters. The number of nitrogens with two attached hydrogens (primary N) is 2. The van der Waals surface area contributed by atoms with E-state index in [0.29, 0.717) is 5.95 Å². The van der Waals surface area contributed by atoms with Crippen LogP contribution in [0.4, 0.5) is 17.8 Å². The molecule has 0 radical (unpaired) electrons. The first-order chi connectivity index (χ1) is 7.22. The molecule has 0 aromatic carbocycles. The van der Waals surface area contributed by atoms with Gasteiger partial charge in [0.1, 0.15) is 6.79 Å². The summed E-state index contributed by atoms with van der Waals surface area (Å²) in [7, 11) is 0. The second-order valence-corrected chi connectivity index (χ2v) is 2.66. The van der Waals surface area contributed by atoms with Gasteiger partial charge in [0, 0.05) is 6.54 Å². The lowest BCUT2D eigenvalue weighted by Crippen LogP contribution is -2.10. The van der Waals surface area contributed by atoms with E-state index in [2.05, 4.69) is 27.2 Å². The number of carbonyl (C=O) groups is 1. The SMILES string of the molecule is C=O.CCCCNc1nc(N)nc(N)n1. The Morgan fingerprint density at radius 1 is 1.20 bits per heavy atom. The van der Waals surface area contributed by atoms with Crippen LogP contribution in [-0.2, 0) is 4.79 Å². The number of unbranched alkanes of at least 4 members (excludes halogenated alkanes) is 1. The van der Waals surface area contributed by atoms with Gasteiger partial charge >= 0.3 is 0 Å². The largest absolute Gasteiger partial charge is 0.368 e. The number of nitrogen functional groups attached to an aromatic ring is 2. The monoisotopic (exact) mass is 212 g/mol. The van der Waals surface area contributed by atoms with Gasteiger partial charge in [-0.15, -0.1) is 0 Å². The average molecular weight is 212 g/mol. The Bertz CT molecular complexity index is 272. The Kier molecular flexibility index (Phi) is 6.52. The lowest BCUT2D eigenvalue weighted by Gasteiger charge is -2.03. The van der Waals surface area contributed by atoms with Crippen molar-refractivity contribution in [2.24, 2.45) is 0 Å². The third-order valence-electron chi connectivity index (χ3n) is 1.48. The maximum atomic E-state index is 8.00. The van der Waals surface area contributed by atoms with Crippen molar-refractivity contribution >= 4 is 24.6 Å². The van der Waals surface area contributed by atoms with Crippen molar-refractivity contribution in [3.8, 4) is 0 Å². The van der Waals surface area contributed by atoms with Crippen molar-refractivity contribution < 1.29 is 4.79 Å². The van der Waals surface area contributed by atoms with Crippen molar-refractivity contribution in [3.63, 3.8) is 0 Å². The summed E-state index contributed by atoms with van der Waals surface area (Å²) in [5.41, 5.74) is 10.8. The molecule has 0 aliphatic heterocycles. The predicted molar refractivity (Wildman–Crippen MR) is 59.2 cm³/mol. The predicted octanol–water partition coefficient (Wildman–Crippen LogP) is 0.0631. The van der Waals surface area contributed by atoms with Crippen LogP contribution in [0.3, 0.4) is 0 Å². The number of nitrogens with zero attached hydrogens (tertiary/aromatic N) is 3. The number of nitrogens with one attached hydrogen (secondary N) is 1. The zero-order chi connectivity index (χ0) is 11.7. The normalized spacial score (nSPS) is 8.87. The van der Waals surface area contributed by atoms with Gasteiger partial charge in [0.05, 0.1) is 0 Å². The van der Waals surface area contributed by atoms with Crippen LogP contribution in [0.1, 0.15) is 19.8 Å². The summed E-state index contributed by atoms with van der Waals surface area (Å²) < 4.78 is 0. The lowest BCUT2D eigenvalue weighted by molar-refractivity contribution is -0.0979. The van der Waals surface area contributed by atoms with Crippen LogP contribution in [-0.4, -0.2) is 28.3 Å². The molecule has 7 heteroatoms. The zero-order valence-electron chi connectivity index (χ0n) is 8.73. The van der Waals surface area contributed by atoms with Crippen LogP contribution in [0.15, 0.2) is 0 Å². The molecule has 0 saturated carbocycles. The summed E-state index contributed by atoms with van der Waals surface area (Å²) >= 11 is 0. The Balaban J connectivity index is 0.000000921. The van der Waals surface area contributed by atoms with E-state index < -0.39 is 0 Å². The Morgan fingerprint density at radius 2 is 1.73 bits per heavy atom. The second kappa shape index (κ2) is 7.48. The zero-order valence-corrected chi connectivity index (χ0v) is 8.73. The molecule has 84 valence electrons. The van der Waals surface area contributed by atoms with Crippen molar-refractivity contribution in [2.45, 2.75) is 19.8 Å². The average Bonchev–Trinajstić information content (AvgIpc) is 2.20. The topological polar surface area (TPSA) is 120 Å². The molecule has 0 saturated heterocycles. The van der Waals surface area contributed by atoms with Gasteiger partial charge < -0.3 is 21.6 Å². The third-order valence-corrected chi connectivity index (χ3v) is 1.48. The second-order valence-electron chi connectivity index (χ2n) is 2.66. The van der Waals surface area contributed by atoms with E-state index in [9.17, 15) is 0 Å².